The Balaban J connectivity index is 1.86. The highest BCUT2D eigenvalue weighted by Gasteiger charge is 2.34. The van der Waals surface area contributed by atoms with E-state index in [2.05, 4.69) is 48.8 Å². The predicted octanol–water partition coefficient (Wildman–Crippen LogP) is 3.76. The summed E-state index contributed by atoms with van der Waals surface area (Å²) in [5.74, 6) is 0. The molecule has 1 aromatic rings. The van der Waals surface area contributed by atoms with Crippen molar-refractivity contribution in [2.24, 2.45) is 0 Å². The van der Waals surface area contributed by atoms with Gasteiger partial charge < -0.3 is 4.90 Å². The standard InChI is InChI=1S/C18H28N2/c1-4-16-12-19-8-6-5-7-17(19)13-20(16)18-10-14(2)9-15(3)11-18/h9-11,16-17H,4-8,12-13H2,1-3H3. The molecule has 0 bridgehead atoms. The van der Waals surface area contributed by atoms with Crippen LogP contribution in [0.15, 0.2) is 18.2 Å². The molecule has 2 fully saturated rings. The molecule has 20 heavy (non-hydrogen) atoms. The predicted molar refractivity (Wildman–Crippen MR) is 86.6 cm³/mol. The Bertz CT molecular complexity index is 448. The summed E-state index contributed by atoms with van der Waals surface area (Å²) in [6.45, 7) is 10.6. The highest BCUT2D eigenvalue weighted by Crippen LogP contribution is 2.30. The van der Waals surface area contributed by atoms with E-state index in [0.29, 0.717) is 6.04 Å². The van der Waals surface area contributed by atoms with Crippen molar-refractivity contribution >= 4 is 5.69 Å². The van der Waals surface area contributed by atoms with Crippen molar-refractivity contribution in [3.05, 3.63) is 29.3 Å². The third-order valence-electron chi connectivity index (χ3n) is 5.05. The lowest BCUT2D eigenvalue weighted by molar-refractivity contribution is 0.111. The van der Waals surface area contributed by atoms with Gasteiger partial charge in [-0.3, -0.25) is 4.90 Å². The third-order valence-corrected chi connectivity index (χ3v) is 5.05. The molecule has 0 radical (unpaired) electrons. The van der Waals surface area contributed by atoms with Gasteiger partial charge in [-0.2, -0.15) is 0 Å². The van der Waals surface area contributed by atoms with E-state index in [4.69, 9.17) is 0 Å². The van der Waals surface area contributed by atoms with E-state index in [1.165, 1.54) is 62.1 Å². The molecule has 2 heteroatoms. The van der Waals surface area contributed by atoms with Crippen molar-refractivity contribution in [3.8, 4) is 0 Å². The van der Waals surface area contributed by atoms with Crippen LogP contribution in [0.2, 0.25) is 0 Å². The number of hydrogen-bond acceptors (Lipinski definition) is 2. The summed E-state index contributed by atoms with van der Waals surface area (Å²) in [5.41, 5.74) is 4.22. The Morgan fingerprint density at radius 1 is 1.05 bits per heavy atom. The van der Waals surface area contributed by atoms with Crippen LogP contribution in [0.1, 0.15) is 43.7 Å². The molecular weight excluding hydrogens is 244 g/mol. The summed E-state index contributed by atoms with van der Waals surface area (Å²) in [4.78, 5) is 5.43. The van der Waals surface area contributed by atoms with E-state index < -0.39 is 0 Å². The van der Waals surface area contributed by atoms with E-state index in [-0.39, 0.29) is 0 Å². The minimum Gasteiger partial charge on any atom is -0.366 e. The molecule has 2 saturated heterocycles. The van der Waals surface area contributed by atoms with Crippen LogP contribution in [0.25, 0.3) is 0 Å². The summed E-state index contributed by atoms with van der Waals surface area (Å²) in [7, 11) is 0. The fourth-order valence-electron chi connectivity index (χ4n) is 4.03. The first-order valence-corrected chi connectivity index (χ1v) is 8.26. The van der Waals surface area contributed by atoms with Crippen molar-refractivity contribution in [3.63, 3.8) is 0 Å². The van der Waals surface area contributed by atoms with Crippen LogP contribution in [0.3, 0.4) is 0 Å². The zero-order valence-electron chi connectivity index (χ0n) is 13.2. The Hall–Kier alpha value is -1.02. The van der Waals surface area contributed by atoms with E-state index in [0.717, 1.165) is 6.04 Å². The maximum Gasteiger partial charge on any atom is 0.0415 e. The maximum atomic E-state index is 2.75. The first kappa shape index (κ1) is 13.9. The van der Waals surface area contributed by atoms with Crippen LogP contribution in [0, 0.1) is 13.8 Å². The molecule has 2 atom stereocenters. The van der Waals surface area contributed by atoms with Gasteiger partial charge in [0.15, 0.2) is 0 Å². The molecule has 2 unspecified atom stereocenters. The van der Waals surface area contributed by atoms with Gasteiger partial charge in [-0.1, -0.05) is 19.4 Å². The Kier molecular flexibility index (Phi) is 4.02. The molecule has 2 heterocycles. The summed E-state index contributed by atoms with van der Waals surface area (Å²) < 4.78 is 0. The number of piperidine rings is 1. The zero-order chi connectivity index (χ0) is 14.1. The molecule has 0 aliphatic carbocycles. The smallest absolute Gasteiger partial charge is 0.0415 e. The first-order chi connectivity index (χ1) is 9.67. The third kappa shape index (κ3) is 2.71. The van der Waals surface area contributed by atoms with Gasteiger partial charge in [-0.25, -0.2) is 0 Å². The second-order valence-corrected chi connectivity index (χ2v) is 6.70. The lowest BCUT2D eigenvalue weighted by atomic mass is 9.95. The van der Waals surface area contributed by atoms with E-state index in [9.17, 15) is 0 Å². The Morgan fingerprint density at radius 3 is 2.50 bits per heavy atom. The molecular formula is C18H28N2. The fraction of sp³-hybridized carbons (Fsp3) is 0.667. The van der Waals surface area contributed by atoms with Crippen LogP contribution in [-0.2, 0) is 0 Å². The second-order valence-electron chi connectivity index (χ2n) is 6.70. The minimum atomic E-state index is 0.686. The van der Waals surface area contributed by atoms with Gasteiger partial charge in [0.1, 0.15) is 0 Å². The zero-order valence-corrected chi connectivity index (χ0v) is 13.2. The molecule has 0 amide bonds. The van der Waals surface area contributed by atoms with Crippen molar-refractivity contribution < 1.29 is 0 Å². The van der Waals surface area contributed by atoms with Crippen LogP contribution >= 0.6 is 0 Å². The van der Waals surface area contributed by atoms with Crippen molar-refractivity contribution in [2.75, 3.05) is 24.5 Å². The molecule has 0 N–H and O–H groups in total. The monoisotopic (exact) mass is 272 g/mol. The topological polar surface area (TPSA) is 6.48 Å². The molecule has 0 aromatic heterocycles. The lowest BCUT2D eigenvalue weighted by Crippen LogP contribution is -2.59. The molecule has 2 nitrogen and oxygen atoms in total. The molecule has 3 rings (SSSR count). The number of fused-ring (bicyclic) bond motifs is 1. The number of rotatable bonds is 2. The SMILES string of the molecule is CCC1CN2CCCCC2CN1c1cc(C)cc(C)c1. The molecule has 0 saturated carbocycles. The molecule has 110 valence electrons. The van der Waals surface area contributed by atoms with Crippen LogP contribution in [0.5, 0.6) is 0 Å². The number of hydrogen-bond donors (Lipinski definition) is 0. The Labute approximate surface area is 123 Å². The Morgan fingerprint density at radius 2 is 1.80 bits per heavy atom. The van der Waals surface area contributed by atoms with Crippen LogP contribution < -0.4 is 4.90 Å². The summed E-state index contributed by atoms with van der Waals surface area (Å²) in [6.07, 6.45) is 5.45. The first-order valence-electron chi connectivity index (χ1n) is 8.26. The van der Waals surface area contributed by atoms with Gasteiger partial charge in [-0.15, -0.1) is 0 Å². The van der Waals surface area contributed by atoms with Gasteiger partial charge in [0, 0.05) is 30.9 Å². The summed E-state index contributed by atoms with van der Waals surface area (Å²) in [6, 6.07) is 8.49. The summed E-state index contributed by atoms with van der Waals surface area (Å²) >= 11 is 0. The van der Waals surface area contributed by atoms with Crippen molar-refractivity contribution in [1.82, 2.24) is 4.90 Å². The highest BCUT2D eigenvalue weighted by atomic mass is 15.3. The van der Waals surface area contributed by atoms with Gasteiger partial charge in [-0.05, 0) is 62.9 Å². The maximum absolute atomic E-state index is 2.75. The van der Waals surface area contributed by atoms with Gasteiger partial charge in [0.05, 0.1) is 0 Å². The van der Waals surface area contributed by atoms with Gasteiger partial charge >= 0.3 is 0 Å². The number of benzene rings is 1. The molecule has 2 aliphatic rings. The van der Waals surface area contributed by atoms with Crippen LogP contribution in [0.4, 0.5) is 5.69 Å². The quantitative estimate of drug-likeness (QED) is 0.809. The van der Waals surface area contributed by atoms with Gasteiger partial charge in [0.2, 0.25) is 0 Å². The lowest BCUT2D eigenvalue weighted by Gasteiger charge is -2.49. The average molecular weight is 272 g/mol. The molecule has 1 aromatic carbocycles. The molecule has 2 aliphatic heterocycles. The van der Waals surface area contributed by atoms with E-state index in [1.54, 1.807) is 0 Å². The fourth-order valence-corrected chi connectivity index (χ4v) is 4.03. The number of aryl methyl sites for hydroxylation is 2. The number of piperazine rings is 1. The highest BCUT2D eigenvalue weighted by molar-refractivity contribution is 5.52. The average Bonchev–Trinajstić information content (AvgIpc) is 2.44. The molecule has 0 spiro atoms. The van der Waals surface area contributed by atoms with Crippen molar-refractivity contribution in [1.29, 1.82) is 0 Å². The second kappa shape index (κ2) is 5.77. The number of nitrogens with zero attached hydrogens (tertiary/aromatic N) is 2. The van der Waals surface area contributed by atoms with Crippen molar-refractivity contribution in [2.45, 2.75) is 58.5 Å². The largest absolute Gasteiger partial charge is 0.366 e. The van der Waals surface area contributed by atoms with E-state index in [1.807, 2.05) is 0 Å². The normalized spacial score (nSPS) is 27.4. The van der Waals surface area contributed by atoms with E-state index >= 15 is 0 Å². The summed E-state index contributed by atoms with van der Waals surface area (Å²) in [5, 5.41) is 0. The van der Waals surface area contributed by atoms with Crippen LogP contribution in [-0.4, -0.2) is 36.6 Å². The van der Waals surface area contributed by atoms with Gasteiger partial charge in [0.25, 0.3) is 0 Å². The number of anilines is 1. The minimum absolute atomic E-state index is 0.686.